The minimum absolute atomic E-state index is 0.000232. The maximum atomic E-state index is 13.2. The van der Waals surface area contributed by atoms with Crippen LogP contribution in [0, 0.1) is 29.9 Å². The van der Waals surface area contributed by atoms with Gasteiger partial charge in [0.1, 0.15) is 0 Å². The van der Waals surface area contributed by atoms with Crippen LogP contribution in [0.2, 0.25) is 0 Å². The van der Waals surface area contributed by atoms with E-state index in [-0.39, 0.29) is 17.4 Å². The van der Waals surface area contributed by atoms with E-state index >= 15 is 0 Å². The summed E-state index contributed by atoms with van der Waals surface area (Å²) >= 11 is 0. The average molecular weight is 503 g/mol. The smallest absolute Gasteiger partial charge is 0.273 e. The first-order valence-corrected chi connectivity index (χ1v) is 12.9. The van der Waals surface area contributed by atoms with Crippen LogP contribution in [0.1, 0.15) is 39.0 Å². The molecule has 0 bridgehead atoms. The lowest BCUT2D eigenvalue weighted by Gasteiger charge is -2.22. The number of carbonyl (C=O) groups excluding carboxylic acids is 1. The number of nitro groups is 1. The summed E-state index contributed by atoms with van der Waals surface area (Å²) in [5.41, 5.74) is 7.41. The lowest BCUT2D eigenvalue weighted by Crippen LogP contribution is -2.37. The molecule has 1 aliphatic heterocycles. The lowest BCUT2D eigenvalue weighted by molar-refractivity contribution is -0.385. The summed E-state index contributed by atoms with van der Waals surface area (Å²) in [5, 5.41) is 16.6. The molecular weight excluding hydrogens is 472 g/mol. The topological polar surface area (TPSA) is 72.2 Å². The second-order valence-corrected chi connectivity index (χ2v) is 9.81. The number of allylic oxidation sites excluding steroid dienone is 4. The zero-order chi connectivity index (χ0) is 26.6. The highest BCUT2D eigenvalue weighted by Crippen LogP contribution is 2.29. The molecule has 5 nitrogen and oxygen atoms in total. The second-order valence-electron chi connectivity index (χ2n) is 9.81. The fourth-order valence-corrected chi connectivity index (χ4v) is 5.36. The number of benzene rings is 3. The molecule has 0 amide bonds. The summed E-state index contributed by atoms with van der Waals surface area (Å²) in [7, 11) is 0. The largest absolute Gasteiger partial charge is 0.368 e. The standard InChI is InChI=1S/C27H23NO3.C6H7N/c1-16-4-3-5-22-21(16)12-13-24-23(22)11-10-18-8-9-19(14-25(18)24)27(29)20-7-6-17(2)26(15-20)28(30)31;1-2-4-6-7-5-3-1/h3-7,10-11,13-15,19H,8-9,12H2,1-2H3;1-7H. The fraction of sp³-hybridized carbons (Fsp3) is 0.182. The van der Waals surface area contributed by atoms with Crippen molar-refractivity contribution in [2.45, 2.75) is 33.1 Å². The van der Waals surface area contributed by atoms with Crippen LogP contribution in [0.5, 0.6) is 0 Å². The molecule has 1 heterocycles. The summed E-state index contributed by atoms with van der Waals surface area (Å²) in [5.74, 6) is -0.313. The van der Waals surface area contributed by atoms with Gasteiger partial charge in [-0.15, -0.1) is 0 Å². The Labute approximate surface area is 222 Å². The van der Waals surface area contributed by atoms with E-state index in [9.17, 15) is 14.9 Å². The Hall–Kier alpha value is -4.51. The van der Waals surface area contributed by atoms with Crippen molar-refractivity contribution in [3.8, 4) is 11.1 Å². The van der Waals surface area contributed by atoms with E-state index in [1.807, 2.05) is 36.7 Å². The predicted octanol–water partition coefficient (Wildman–Crippen LogP) is 5.61. The summed E-state index contributed by atoms with van der Waals surface area (Å²) in [6, 6.07) is 15.6. The van der Waals surface area contributed by atoms with Crippen LogP contribution < -0.4 is 15.8 Å². The van der Waals surface area contributed by atoms with Crippen molar-refractivity contribution < 1.29 is 9.72 Å². The van der Waals surface area contributed by atoms with E-state index in [1.54, 1.807) is 19.1 Å². The minimum Gasteiger partial charge on any atom is -0.368 e. The monoisotopic (exact) mass is 502 g/mol. The normalized spacial score (nSPS) is 16.2. The van der Waals surface area contributed by atoms with Crippen molar-refractivity contribution in [2.75, 3.05) is 0 Å². The van der Waals surface area contributed by atoms with Crippen LogP contribution in [0.4, 0.5) is 5.69 Å². The molecule has 2 aliphatic carbocycles. The number of nitro benzene ring substituents is 1. The number of fused-ring (bicyclic) bond motifs is 5. The molecular formula is C33H30N2O3. The van der Waals surface area contributed by atoms with Crippen LogP contribution >= 0.6 is 0 Å². The molecule has 1 atom stereocenters. The third kappa shape index (κ3) is 5.00. The van der Waals surface area contributed by atoms with Gasteiger partial charge in [-0.05, 0) is 83.5 Å². The van der Waals surface area contributed by atoms with E-state index in [4.69, 9.17) is 0 Å². The summed E-state index contributed by atoms with van der Waals surface area (Å²) in [6.45, 7) is 3.84. The molecule has 5 heteroatoms. The number of nitrogens with zero attached hydrogens (tertiary/aromatic N) is 1. The quantitative estimate of drug-likeness (QED) is 0.287. The molecule has 38 heavy (non-hydrogen) atoms. The number of Topliss-reactive ketones (excluding diaryl/α,β-unsaturated/α-hetero) is 1. The summed E-state index contributed by atoms with van der Waals surface area (Å²) in [6.07, 6.45) is 18.4. The SMILES string of the molecule is C1=CC=CNC=C1.Cc1ccc(C(=O)C2C=c3c(ccc4c3=CCc3c(C)cccc3-4)CC2)cc1[N+](=O)[O-]. The van der Waals surface area contributed by atoms with Crippen molar-refractivity contribution in [2.24, 2.45) is 5.92 Å². The van der Waals surface area contributed by atoms with Gasteiger partial charge in [-0.1, -0.05) is 66.8 Å². The van der Waals surface area contributed by atoms with E-state index in [0.29, 0.717) is 11.1 Å². The predicted molar refractivity (Wildman–Crippen MR) is 153 cm³/mol. The lowest BCUT2D eigenvalue weighted by atomic mass is 9.81. The van der Waals surface area contributed by atoms with E-state index in [2.05, 4.69) is 54.7 Å². The van der Waals surface area contributed by atoms with Gasteiger partial charge in [0.15, 0.2) is 5.78 Å². The van der Waals surface area contributed by atoms with Crippen molar-refractivity contribution in [1.29, 1.82) is 0 Å². The Kier molecular flexibility index (Phi) is 7.18. The first-order valence-electron chi connectivity index (χ1n) is 12.9. The van der Waals surface area contributed by atoms with E-state index < -0.39 is 4.92 Å². The van der Waals surface area contributed by atoms with Gasteiger partial charge in [-0.25, -0.2) is 0 Å². The highest BCUT2D eigenvalue weighted by atomic mass is 16.6. The zero-order valence-electron chi connectivity index (χ0n) is 21.6. The van der Waals surface area contributed by atoms with Gasteiger partial charge >= 0.3 is 0 Å². The first-order chi connectivity index (χ1) is 18.4. The molecule has 1 N–H and O–H groups in total. The Bertz CT molecular complexity index is 1630. The average Bonchev–Trinajstić information content (AvgIpc) is 3.26. The number of nitrogens with one attached hydrogen (secondary N) is 1. The fourth-order valence-electron chi connectivity index (χ4n) is 5.36. The number of rotatable bonds is 3. The molecule has 3 aromatic rings. The highest BCUT2D eigenvalue weighted by Gasteiger charge is 2.25. The van der Waals surface area contributed by atoms with Crippen LogP contribution in [0.15, 0.2) is 85.2 Å². The molecule has 0 aromatic heterocycles. The Balaban J connectivity index is 0.000000366. The first kappa shape index (κ1) is 25.2. The number of carbonyl (C=O) groups is 1. The molecule has 0 spiro atoms. The van der Waals surface area contributed by atoms with Crippen LogP contribution in [0.25, 0.3) is 23.3 Å². The number of hydrogen-bond donors (Lipinski definition) is 1. The van der Waals surface area contributed by atoms with Gasteiger partial charge in [-0.3, -0.25) is 14.9 Å². The Morgan fingerprint density at radius 1 is 0.921 bits per heavy atom. The molecule has 190 valence electrons. The number of aryl methyl sites for hydroxylation is 3. The molecule has 6 rings (SSSR count). The van der Waals surface area contributed by atoms with Gasteiger partial charge < -0.3 is 5.32 Å². The van der Waals surface area contributed by atoms with Crippen molar-refractivity contribution >= 4 is 23.6 Å². The van der Waals surface area contributed by atoms with Crippen molar-refractivity contribution in [3.05, 3.63) is 134 Å². The van der Waals surface area contributed by atoms with E-state index in [0.717, 1.165) is 24.5 Å². The van der Waals surface area contributed by atoms with Crippen molar-refractivity contribution in [1.82, 2.24) is 5.32 Å². The third-order valence-corrected chi connectivity index (χ3v) is 7.43. The number of ketones is 1. The maximum absolute atomic E-state index is 13.2. The Morgan fingerprint density at radius 3 is 2.47 bits per heavy atom. The van der Waals surface area contributed by atoms with Gasteiger partial charge in [-0.2, -0.15) is 0 Å². The third-order valence-electron chi connectivity index (χ3n) is 7.43. The molecule has 0 saturated carbocycles. The maximum Gasteiger partial charge on any atom is 0.273 e. The zero-order valence-corrected chi connectivity index (χ0v) is 21.6. The molecule has 0 fully saturated rings. The van der Waals surface area contributed by atoms with Crippen LogP contribution in [-0.4, -0.2) is 10.7 Å². The highest BCUT2D eigenvalue weighted by molar-refractivity contribution is 6.02. The summed E-state index contributed by atoms with van der Waals surface area (Å²) in [4.78, 5) is 24.1. The molecule has 3 aliphatic rings. The molecule has 0 radical (unpaired) electrons. The van der Waals surface area contributed by atoms with Crippen LogP contribution in [-0.2, 0) is 12.8 Å². The Morgan fingerprint density at radius 2 is 1.71 bits per heavy atom. The number of hydrogen-bond acceptors (Lipinski definition) is 4. The minimum atomic E-state index is -0.420. The van der Waals surface area contributed by atoms with E-state index in [1.165, 1.54) is 39.1 Å². The van der Waals surface area contributed by atoms with Crippen LogP contribution in [0.3, 0.4) is 0 Å². The van der Waals surface area contributed by atoms with Gasteiger partial charge in [0, 0.05) is 35.5 Å². The van der Waals surface area contributed by atoms with Gasteiger partial charge in [0.2, 0.25) is 0 Å². The molecule has 3 aromatic carbocycles. The second kappa shape index (κ2) is 10.9. The molecule has 0 saturated heterocycles. The van der Waals surface area contributed by atoms with Gasteiger partial charge in [0.05, 0.1) is 4.92 Å². The molecule has 1 unspecified atom stereocenters. The summed E-state index contributed by atoms with van der Waals surface area (Å²) < 4.78 is 0. The van der Waals surface area contributed by atoms with Crippen molar-refractivity contribution in [3.63, 3.8) is 0 Å². The van der Waals surface area contributed by atoms with Gasteiger partial charge in [0.25, 0.3) is 5.69 Å².